The van der Waals surface area contributed by atoms with E-state index in [1.807, 2.05) is 24.3 Å². The predicted molar refractivity (Wildman–Crippen MR) is 96.2 cm³/mol. The van der Waals surface area contributed by atoms with Crippen molar-refractivity contribution in [3.63, 3.8) is 0 Å². The molecule has 2 aromatic rings. The van der Waals surface area contributed by atoms with Crippen LogP contribution in [0.1, 0.15) is 5.56 Å². The Morgan fingerprint density at radius 3 is 2.74 bits per heavy atom. The third-order valence-electron chi connectivity index (χ3n) is 5.94. The van der Waals surface area contributed by atoms with Gasteiger partial charge in [-0.15, -0.1) is 0 Å². The number of hydrogen-bond donors (Lipinski definition) is 2. The van der Waals surface area contributed by atoms with E-state index < -0.39 is 0 Å². The third kappa shape index (κ3) is 2.46. The average molecular weight is 365 g/mol. The van der Waals surface area contributed by atoms with Gasteiger partial charge in [-0.1, -0.05) is 17.3 Å². The second-order valence-electron chi connectivity index (χ2n) is 7.28. The molecule has 1 amide bonds. The van der Waals surface area contributed by atoms with E-state index >= 15 is 0 Å². The number of amides is 1. The van der Waals surface area contributed by atoms with Crippen LogP contribution in [0.25, 0.3) is 0 Å². The van der Waals surface area contributed by atoms with Crippen LogP contribution in [0.2, 0.25) is 0 Å². The highest BCUT2D eigenvalue weighted by atomic mass is 16.6. The largest absolute Gasteiger partial charge is 0.442 e. The summed E-state index contributed by atoms with van der Waals surface area (Å²) in [4.78, 5) is 13.9. The first-order valence-electron chi connectivity index (χ1n) is 9.07. The molecule has 2 N–H and O–H groups in total. The number of rotatable bonds is 5. The summed E-state index contributed by atoms with van der Waals surface area (Å²) in [6.07, 6.45) is 0.847. The number of ether oxygens (including phenoxy) is 1. The van der Waals surface area contributed by atoms with Gasteiger partial charge in [0.25, 0.3) is 0 Å². The molecule has 2 unspecified atom stereocenters. The SMILES string of the molecule is N#CC1(c2ccc(N3C[C@@H](CNc4ccon4)OC3=O)cc2)C2CNCC21. The fourth-order valence-electron chi connectivity index (χ4n) is 4.48. The minimum atomic E-state index is -0.364. The van der Waals surface area contributed by atoms with Gasteiger partial charge in [-0.3, -0.25) is 4.90 Å². The summed E-state index contributed by atoms with van der Waals surface area (Å²) in [6.45, 7) is 2.72. The number of nitriles is 1. The van der Waals surface area contributed by atoms with E-state index in [2.05, 4.69) is 21.9 Å². The van der Waals surface area contributed by atoms with E-state index in [1.165, 1.54) is 6.26 Å². The summed E-state index contributed by atoms with van der Waals surface area (Å²) < 4.78 is 10.2. The average Bonchev–Trinajstić information content (AvgIpc) is 3.23. The monoisotopic (exact) mass is 365 g/mol. The summed E-state index contributed by atoms with van der Waals surface area (Å²) in [6, 6.07) is 12.0. The van der Waals surface area contributed by atoms with Crippen LogP contribution in [0, 0.1) is 23.2 Å². The highest BCUT2D eigenvalue weighted by Gasteiger charge is 2.68. The molecule has 1 aromatic heterocycles. The predicted octanol–water partition coefficient (Wildman–Crippen LogP) is 1.72. The fourth-order valence-corrected chi connectivity index (χ4v) is 4.48. The van der Waals surface area contributed by atoms with Crippen molar-refractivity contribution < 1.29 is 14.1 Å². The second-order valence-corrected chi connectivity index (χ2v) is 7.28. The Balaban J connectivity index is 1.27. The van der Waals surface area contributed by atoms with Gasteiger partial charge in [-0.25, -0.2) is 4.79 Å². The van der Waals surface area contributed by atoms with Crippen molar-refractivity contribution in [2.24, 2.45) is 11.8 Å². The van der Waals surface area contributed by atoms with E-state index in [1.54, 1.807) is 11.0 Å². The van der Waals surface area contributed by atoms with E-state index in [-0.39, 0.29) is 17.6 Å². The molecule has 2 aliphatic heterocycles. The molecule has 2 saturated heterocycles. The number of fused-ring (bicyclic) bond motifs is 1. The van der Waals surface area contributed by atoms with Crippen LogP contribution in [0.15, 0.2) is 41.1 Å². The molecule has 1 aliphatic carbocycles. The topological polar surface area (TPSA) is 103 Å². The van der Waals surface area contributed by atoms with Crippen LogP contribution in [0.4, 0.5) is 16.3 Å². The van der Waals surface area contributed by atoms with Gasteiger partial charge in [-0.05, 0) is 17.7 Å². The molecule has 3 fully saturated rings. The highest BCUT2D eigenvalue weighted by Crippen LogP contribution is 2.61. The lowest BCUT2D eigenvalue weighted by atomic mass is 9.92. The van der Waals surface area contributed by atoms with Crippen molar-refractivity contribution in [3.05, 3.63) is 42.2 Å². The third-order valence-corrected chi connectivity index (χ3v) is 5.94. The van der Waals surface area contributed by atoms with Crippen molar-refractivity contribution in [1.82, 2.24) is 10.5 Å². The van der Waals surface area contributed by atoms with Gasteiger partial charge in [-0.2, -0.15) is 5.26 Å². The first kappa shape index (κ1) is 16.1. The van der Waals surface area contributed by atoms with E-state index in [4.69, 9.17) is 9.26 Å². The second kappa shape index (κ2) is 5.99. The molecule has 3 aliphatic rings. The Morgan fingerprint density at radius 2 is 2.07 bits per heavy atom. The molecular formula is C19H19N5O3. The number of nitrogens with zero attached hydrogens (tertiary/aromatic N) is 3. The Labute approximate surface area is 156 Å². The zero-order chi connectivity index (χ0) is 18.4. The number of piperidine rings is 1. The van der Waals surface area contributed by atoms with Gasteiger partial charge in [0.05, 0.1) is 24.6 Å². The maximum absolute atomic E-state index is 12.2. The number of hydrogen-bond acceptors (Lipinski definition) is 7. The molecule has 0 spiro atoms. The number of nitrogens with one attached hydrogen (secondary N) is 2. The molecule has 5 rings (SSSR count). The van der Waals surface area contributed by atoms with Crippen LogP contribution in [0.3, 0.4) is 0 Å². The Kier molecular flexibility index (Phi) is 3.58. The fraction of sp³-hybridized carbons (Fsp3) is 0.421. The minimum Gasteiger partial charge on any atom is -0.442 e. The number of carbonyl (C=O) groups is 1. The molecule has 8 heteroatoms. The number of carbonyl (C=O) groups excluding carboxylic acids is 1. The van der Waals surface area contributed by atoms with Crippen LogP contribution in [-0.4, -0.2) is 43.5 Å². The molecular weight excluding hydrogens is 346 g/mol. The zero-order valence-electron chi connectivity index (χ0n) is 14.6. The zero-order valence-corrected chi connectivity index (χ0v) is 14.6. The summed E-state index contributed by atoms with van der Waals surface area (Å²) in [5, 5.41) is 19.9. The van der Waals surface area contributed by atoms with Gasteiger partial charge in [0, 0.05) is 36.7 Å². The molecule has 1 aromatic carbocycles. The van der Waals surface area contributed by atoms with Crippen molar-refractivity contribution in [1.29, 1.82) is 5.26 Å². The normalized spacial score (nSPS) is 31.3. The maximum atomic E-state index is 12.2. The number of aromatic nitrogens is 1. The van der Waals surface area contributed by atoms with Gasteiger partial charge >= 0.3 is 6.09 Å². The molecule has 3 heterocycles. The van der Waals surface area contributed by atoms with Crippen LogP contribution in [-0.2, 0) is 10.2 Å². The molecule has 8 nitrogen and oxygen atoms in total. The number of cyclic esters (lactones) is 1. The van der Waals surface area contributed by atoms with Gasteiger partial charge in [0.2, 0.25) is 0 Å². The smallest absolute Gasteiger partial charge is 0.414 e. The Hall–Kier alpha value is -3.05. The lowest BCUT2D eigenvalue weighted by Gasteiger charge is -2.17. The van der Waals surface area contributed by atoms with Gasteiger partial charge < -0.3 is 19.9 Å². The lowest BCUT2D eigenvalue weighted by molar-refractivity contribution is 0.147. The highest BCUT2D eigenvalue weighted by molar-refractivity contribution is 5.89. The quantitative estimate of drug-likeness (QED) is 0.831. The summed E-state index contributed by atoms with van der Waals surface area (Å²) in [5.41, 5.74) is 1.46. The molecule has 3 atom stereocenters. The van der Waals surface area contributed by atoms with Gasteiger partial charge in [0.1, 0.15) is 12.4 Å². The van der Waals surface area contributed by atoms with Crippen LogP contribution < -0.4 is 15.5 Å². The van der Waals surface area contributed by atoms with Crippen LogP contribution in [0.5, 0.6) is 0 Å². The van der Waals surface area contributed by atoms with Crippen molar-refractivity contribution in [3.8, 4) is 6.07 Å². The number of anilines is 2. The summed E-state index contributed by atoms with van der Waals surface area (Å²) >= 11 is 0. The van der Waals surface area contributed by atoms with Gasteiger partial charge in [0.15, 0.2) is 5.82 Å². The van der Waals surface area contributed by atoms with Crippen molar-refractivity contribution >= 4 is 17.6 Å². The van der Waals surface area contributed by atoms with Crippen LogP contribution >= 0.6 is 0 Å². The maximum Gasteiger partial charge on any atom is 0.414 e. The molecule has 138 valence electrons. The summed E-state index contributed by atoms with van der Waals surface area (Å²) in [7, 11) is 0. The standard InChI is InChI=1S/C19H19N5O3/c20-11-19(15-8-21-9-16(15)19)12-1-3-13(4-2-12)24-10-14(27-18(24)25)7-22-17-5-6-26-23-17/h1-6,14-16,21H,7-10H2,(H,22,23)/t14-,15?,16?,19?/m1/s1. The lowest BCUT2D eigenvalue weighted by Crippen LogP contribution is -2.27. The number of benzene rings is 1. The summed E-state index contributed by atoms with van der Waals surface area (Å²) in [5.74, 6) is 1.41. The van der Waals surface area contributed by atoms with E-state index in [0.29, 0.717) is 30.7 Å². The van der Waals surface area contributed by atoms with E-state index in [9.17, 15) is 10.1 Å². The first-order valence-corrected chi connectivity index (χ1v) is 9.07. The molecule has 27 heavy (non-hydrogen) atoms. The van der Waals surface area contributed by atoms with Crippen molar-refractivity contribution in [2.75, 3.05) is 36.4 Å². The minimum absolute atomic E-state index is 0.270. The molecule has 1 saturated carbocycles. The van der Waals surface area contributed by atoms with Crippen molar-refractivity contribution in [2.45, 2.75) is 11.5 Å². The van der Waals surface area contributed by atoms with E-state index in [0.717, 1.165) is 24.3 Å². The Bertz CT molecular complexity index is 879. The Morgan fingerprint density at radius 1 is 1.30 bits per heavy atom. The first-order chi connectivity index (χ1) is 13.2. The molecule has 0 bridgehead atoms. The molecule has 0 radical (unpaired) electrons.